The highest BCUT2D eigenvalue weighted by molar-refractivity contribution is 9.10. The third kappa shape index (κ3) is 3.64. The monoisotopic (exact) mass is 394 g/mol. The van der Waals surface area contributed by atoms with Gasteiger partial charge in [0.1, 0.15) is 11.1 Å². The lowest BCUT2D eigenvalue weighted by molar-refractivity contribution is 1.32. The van der Waals surface area contributed by atoms with E-state index < -0.39 is 0 Å². The van der Waals surface area contributed by atoms with Crippen molar-refractivity contribution in [3.63, 3.8) is 0 Å². The Morgan fingerprint density at radius 3 is 2.71 bits per heavy atom. The van der Waals surface area contributed by atoms with E-state index in [1.165, 1.54) is 22.5 Å². The second kappa shape index (κ2) is 7.12. The third-order valence-corrected chi connectivity index (χ3v) is 5.19. The van der Waals surface area contributed by atoms with Crippen molar-refractivity contribution in [3.05, 3.63) is 74.0 Å². The van der Waals surface area contributed by atoms with Gasteiger partial charge in [-0.15, -0.1) is 11.3 Å². The lowest BCUT2D eigenvalue weighted by Crippen LogP contribution is -1.85. The van der Waals surface area contributed by atoms with Gasteiger partial charge >= 0.3 is 0 Å². The molecule has 1 heterocycles. The second-order valence-electron chi connectivity index (χ2n) is 5.56. The maximum atomic E-state index is 9.51. The molecule has 0 aliphatic heterocycles. The molecular weight excluding hydrogens is 380 g/mol. The highest BCUT2D eigenvalue weighted by atomic mass is 79.9. The molecular formula is C20H15BrN2S. The Balaban J connectivity index is 1.96. The Labute approximate surface area is 154 Å². The van der Waals surface area contributed by atoms with Crippen molar-refractivity contribution in [3.8, 4) is 17.3 Å². The predicted octanol–water partition coefficient (Wildman–Crippen LogP) is 6.25. The molecule has 1 aromatic heterocycles. The normalized spacial score (nSPS) is 11.3. The molecule has 2 nitrogen and oxygen atoms in total. The number of benzene rings is 2. The molecule has 0 spiro atoms. The smallest absolute Gasteiger partial charge is 0.134 e. The molecule has 0 amide bonds. The van der Waals surface area contributed by atoms with E-state index in [0.29, 0.717) is 5.57 Å². The molecule has 0 saturated heterocycles. The van der Waals surface area contributed by atoms with Crippen LogP contribution >= 0.6 is 27.3 Å². The minimum atomic E-state index is 0.577. The van der Waals surface area contributed by atoms with Crippen LogP contribution in [-0.4, -0.2) is 4.98 Å². The zero-order valence-corrected chi connectivity index (χ0v) is 15.8. The maximum absolute atomic E-state index is 9.51. The molecule has 0 N–H and O–H groups in total. The number of thiazole rings is 1. The molecule has 0 unspecified atom stereocenters. The molecule has 0 fully saturated rings. The minimum absolute atomic E-state index is 0.577. The highest BCUT2D eigenvalue weighted by Gasteiger charge is 2.10. The molecule has 4 heteroatoms. The number of halogens is 1. The summed E-state index contributed by atoms with van der Waals surface area (Å²) < 4.78 is 0.989. The molecule has 118 valence electrons. The second-order valence-corrected chi connectivity index (χ2v) is 7.34. The summed E-state index contributed by atoms with van der Waals surface area (Å²) in [6.07, 6.45) is 1.87. The van der Waals surface area contributed by atoms with Crippen LogP contribution in [0.5, 0.6) is 0 Å². The average molecular weight is 395 g/mol. The fourth-order valence-corrected chi connectivity index (χ4v) is 3.55. The van der Waals surface area contributed by atoms with E-state index in [0.717, 1.165) is 26.3 Å². The van der Waals surface area contributed by atoms with Gasteiger partial charge in [-0.25, -0.2) is 4.98 Å². The average Bonchev–Trinajstić information content (AvgIpc) is 3.05. The number of hydrogen-bond acceptors (Lipinski definition) is 3. The zero-order chi connectivity index (χ0) is 17.1. The fourth-order valence-electron chi connectivity index (χ4n) is 2.34. The number of aryl methyl sites for hydroxylation is 2. The number of rotatable bonds is 3. The van der Waals surface area contributed by atoms with E-state index >= 15 is 0 Å². The molecule has 3 rings (SSSR count). The quantitative estimate of drug-likeness (QED) is 0.491. The van der Waals surface area contributed by atoms with Crippen molar-refractivity contribution in [1.29, 1.82) is 5.26 Å². The number of hydrogen-bond donors (Lipinski definition) is 0. The van der Waals surface area contributed by atoms with Gasteiger partial charge in [0.2, 0.25) is 0 Å². The first kappa shape index (κ1) is 16.6. The number of allylic oxidation sites excluding steroid dienone is 1. The van der Waals surface area contributed by atoms with E-state index in [1.807, 2.05) is 35.7 Å². The standard InChI is InChI=1S/C20H15BrN2S/c1-13-6-7-16(8-14(13)2)19-12-24-20(23-19)17(11-22)9-15-4-3-5-18(21)10-15/h3-10,12H,1-2H3. The molecule has 0 aliphatic carbocycles. The van der Waals surface area contributed by atoms with Crippen molar-refractivity contribution >= 4 is 38.9 Å². The van der Waals surface area contributed by atoms with Crippen molar-refractivity contribution in [1.82, 2.24) is 4.98 Å². The van der Waals surface area contributed by atoms with Gasteiger partial charge in [-0.2, -0.15) is 5.26 Å². The highest BCUT2D eigenvalue weighted by Crippen LogP contribution is 2.28. The lowest BCUT2D eigenvalue weighted by atomic mass is 10.1. The first-order chi connectivity index (χ1) is 11.6. The number of aromatic nitrogens is 1. The summed E-state index contributed by atoms with van der Waals surface area (Å²) in [4.78, 5) is 4.66. The lowest BCUT2D eigenvalue weighted by Gasteiger charge is -2.02. The Morgan fingerprint density at radius 2 is 2.00 bits per heavy atom. The predicted molar refractivity (Wildman–Crippen MR) is 105 cm³/mol. The maximum Gasteiger partial charge on any atom is 0.134 e. The largest absolute Gasteiger partial charge is 0.235 e. The van der Waals surface area contributed by atoms with Crippen LogP contribution in [0.1, 0.15) is 21.7 Å². The number of nitriles is 1. The summed E-state index contributed by atoms with van der Waals surface area (Å²) in [6, 6.07) is 16.4. The van der Waals surface area contributed by atoms with Gasteiger partial charge in [0.05, 0.1) is 11.3 Å². The van der Waals surface area contributed by atoms with Crippen molar-refractivity contribution < 1.29 is 0 Å². The van der Waals surface area contributed by atoms with E-state index in [1.54, 1.807) is 0 Å². The summed E-state index contributed by atoms with van der Waals surface area (Å²) in [5.41, 5.74) is 6.06. The third-order valence-electron chi connectivity index (χ3n) is 3.82. The first-order valence-electron chi connectivity index (χ1n) is 7.48. The molecule has 0 saturated carbocycles. The van der Waals surface area contributed by atoms with Crippen LogP contribution in [0.15, 0.2) is 52.3 Å². The van der Waals surface area contributed by atoms with Gasteiger partial charge in [-0.1, -0.05) is 40.2 Å². The summed E-state index contributed by atoms with van der Waals surface area (Å²) in [7, 11) is 0. The zero-order valence-electron chi connectivity index (χ0n) is 13.4. The molecule has 24 heavy (non-hydrogen) atoms. The van der Waals surface area contributed by atoms with E-state index in [9.17, 15) is 5.26 Å². The van der Waals surface area contributed by atoms with Crippen LogP contribution in [-0.2, 0) is 0 Å². The van der Waals surface area contributed by atoms with Crippen LogP contribution in [0, 0.1) is 25.2 Å². The summed E-state index contributed by atoms with van der Waals surface area (Å²) in [5, 5.41) is 12.3. The van der Waals surface area contributed by atoms with Gasteiger partial charge in [0.25, 0.3) is 0 Å². The van der Waals surface area contributed by atoms with Gasteiger partial charge in [-0.05, 0) is 54.8 Å². The summed E-state index contributed by atoms with van der Waals surface area (Å²) >= 11 is 4.95. The van der Waals surface area contributed by atoms with Gasteiger partial charge in [0, 0.05) is 15.4 Å². The SMILES string of the molecule is Cc1ccc(-c2csc(C(C#N)=Cc3cccc(Br)c3)n2)cc1C. The topological polar surface area (TPSA) is 36.7 Å². The van der Waals surface area contributed by atoms with E-state index in [-0.39, 0.29) is 0 Å². The van der Waals surface area contributed by atoms with Gasteiger partial charge < -0.3 is 0 Å². The van der Waals surface area contributed by atoms with E-state index in [2.05, 4.69) is 59.0 Å². The van der Waals surface area contributed by atoms with Crippen LogP contribution < -0.4 is 0 Å². The van der Waals surface area contributed by atoms with Gasteiger partial charge in [-0.3, -0.25) is 0 Å². The fraction of sp³-hybridized carbons (Fsp3) is 0.100. The summed E-state index contributed by atoms with van der Waals surface area (Å²) in [6.45, 7) is 4.19. The van der Waals surface area contributed by atoms with Crippen LogP contribution in [0.25, 0.3) is 22.9 Å². The van der Waals surface area contributed by atoms with Crippen LogP contribution in [0.4, 0.5) is 0 Å². The van der Waals surface area contributed by atoms with Crippen molar-refractivity contribution in [2.75, 3.05) is 0 Å². The Hall–Kier alpha value is -2.22. The van der Waals surface area contributed by atoms with Crippen LogP contribution in [0.3, 0.4) is 0 Å². The number of nitrogens with zero attached hydrogens (tertiary/aromatic N) is 2. The Bertz CT molecular complexity index is 964. The molecule has 0 radical (unpaired) electrons. The van der Waals surface area contributed by atoms with Gasteiger partial charge in [0.15, 0.2) is 0 Å². The molecule has 0 bridgehead atoms. The molecule has 2 aromatic carbocycles. The van der Waals surface area contributed by atoms with Crippen molar-refractivity contribution in [2.24, 2.45) is 0 Å². The Morgan fingerprint density at radius 1 is 1.17 bits per heavy atom. The minimum Gasteiger partial charge on any atom is -0.235 e. The first-order valence-corrected chi connectivity index (χ1v) is 9.15. The van der Waals surface area contributed by atoms with Crippen molar-refractivity contribution in [2.45, 2.75) is 13.8 Å². The van der Waals surface area contributed by atoms with Crippen LogP contribution in [0.2, 0.25) is 0 Å². The molecule has 0 aliphatic rings. The van der Waals surface area contributed by atoms with E-state index in [4.69, 9.17) is 0 Å². The summed E-state index contributed by atoms with van der Waals surface area (Å²) in [5.74, 6) is 0. The molecule has 0 atom stereocenters. The molecule has 3 aromatic rings. The Kier molecular flexibility index (Phi) is 4.94.